The van der Waals surface area contributed by atoms with Gasteiger partial charge >= 0.3 is 47.8 Å². The molecule has 0 atom stereocenters. The SMILES string of the molecule is C=CC(=O)OCCCCCCOc1ccc(C(=O)Oc2ccc(/C=N/N=C/c3ccc(OC(=O)c4ccc(OCCCCCCOC(=O)C=C)cc4)c(C(C)=O)c3)cc2)cc1.C=CC(=O)OCCCOc1ccc(C(=O)Oc2ccc3c(c2)C(C#Cc2ccc(C#N)cc2)c2cc(OC(=O)c4ccc(OCCCOC(=O)C=C)cc4)ccc2-3)cc1. The van der Waals surface area contributed by atoms with E-state index in [2.05, 4.69) is 54.4 Å². The van der Waals surface area contributed by atoms with Crippen LogP contribution in [0, 0.1) is 23.2 Å². The number of benzene rings is 9. The molecular weight excluding hydrogens is 1530 g/mol. The fourth-order valence-electron chi connectivity index (χ4n) is 11.4. The first kappa shape index (κ1) is 88.9. The van der Waals surface area contributed by atoms with E-state index in [-0.39, 0.29) is 30.3 Å². The maximum Gasteiger partial charge on any atom is 0.343 e. The third-order valence-corrected chi connectivity index (χ3v) is 17.6. The van der Waals surface area contributed by atoms with Gasteiger partial charge in [-0.05, 0) is 280 Å². The number of nitriles is 1. The molecule has 0 heterocycles. The summed E-state index contributed by atoms with van der Waals surface area (Å²) in [5.74, 6) is 5.15. The molecule has 0 unspecified atom stereocenters. The lowest BCUT2D eigenvalue weighted by molar-refractivity contribution is -0.138. The van der Waals surface area contributed by atoms with Gasteiger partial charge in [-0.1, -0.05) is 50.3 Å². The quantitative estimate of drug-likeness (QED) is 0.00395. The summed E-state index contributed by atoms with van der Waals surface area (Å²) in [6, 6.07) is 57.6. The van der Waals surface area contributed by atoms with Crippen molar-refractivity contribution in [3.05, 3.63) is 312 Å². The molecule has 612 valence electrons. The molecule has 9 aromatic rings. The van der Waals surface area contributed by atoms with Crippen LogP contribution in [0.1, 0.15) is 162 Å². The lowest BCUT2D eigenvalue weighted by Gasteiger charge is -2.11. The molecule has 0 bridgehead atoms. The first-order valence-electron chi connectivity index (χ1n) is 38.5. The minimum absolute atomic E-state index is 0.117. The normalized spacial score (nSPS) is 10.9. The third-order valence-electron chi connectivity index (χ3n) is 17.6. The Balaban J connectivity index is 0.000000273. The van der Waals surface area contributed by atoms with E-state index in [9.17, 15) is 48.4 Å². The lowest BCUT2D eigenvalue weighted by Crippen LogP contribution is -2.11. The zero-order valence-electron chi connectivity index (χ0n) is 66.1. The van der Waals surface area contributed by atoms with Gasteiger partial charge in [0, 0.05) is 42.7 Å². The van der Waals surface area contributed by atoms with E-state index < -0.39 is 53.7 Å². The topological polar surface area (TPSA) is 313 Å². The summed E-state index contributed by atoms with van der Waals surface area (Å²) in [5, 5.41) is 17.4. The first-order chi connectivity index (χ1) is 58.4. The van der Waals surface area contributed by atoms with Crippen molar-refractivity contribution in [2.45, 2.75) is 77.0 Å². The van der Waals surface area contributed by atoms with E-state index in [1.54, 1.807) is 182 Å². The van der Waals surface area contributed by atoms with Crippen molar-refractivity contribution >= 4 is 66.0 Å². The van der Waals surface area contributed by atoms with Gasteiger partial charge in [0.25, 0.3) is 0 Å². The lowest BCUT2D eigenvalue weighted by atomic mass is 9.96. The number of Topliss-reactive ketones (excluding diaryl/α,β-unsaturated/α-hetero) is 1. The van der Waals surface area contributed by atoms with Crippen LogP contribution in [-0.4, -0.2) is 119 Å². The largest absolute Gasteiger partial charge is 0.494 e. The van der Waals surface area contributed by atoms with Crippen LogP contribution in [0.5, 0.6) is 46.0 Å². The molecule has 24 nitrogen and oxygen atoms in total. The molecule has 1 aliphatic rings. The number of esters is 8. The molecule has 0 aromatic heterocycles. The Bertz CT molecular complexity index is 5130. The predicted molar refractivity (Wildman–Crippen MR) is 448 cm³/mol. The molecule has 0 amide bonds. The highest BCUT2D eigenvalue weighted by molar-refractivity contribution is 6.01. The fourth-order valence-corrected chi connectivity index (χ4v) is 11.4. The van der Waals surface area contributed by atoms with Crippen LogP contribution in [0.3, 0.4) is 0 Å². The second-order valence-electron chi connectivity index (χ2n) is 26.3. The third kappa shape index (κ3) is 29.0. The second kappa shape index (κ2) is 47.7. The van der Waals surface area contributed by atoms with Crippen molar-refractivity contribution in [1.82, 2.24) is 0 Å². The maximum absolute atomic E-state index is 13.2. The highest BCUT2D eigenvalue weighted by atomic mass is 16.6. The average molecular weight is 1620 g/mol. The minimum Gasteiger partial charge on any atom is -0.494 e. The molecular formula is C96H87N3O21. The Morgan fingerprint density at radius 3 is 1.06 bits per heavy atom. The number of carbonyl (C=O) groups is 9. The van der Waals surface area contributed by atoms with Gasteiger partial charge < -0.3 is 56.8 Å². The molecule has 9 aromatic carbocycles. The molecule has 1 aliphatic carbocycles. The van der Waals surface area contributed by atoms with Gasteiger partial charge in [0.05, 0.1) is 111 Å². The van der Waals surface area contributed by atoms with Crippen molar-refractivity contribution in [3.8, 4) is 75.0 Å². The van der Waals surface area contributed by atoms with Crippen LogP contribution in [-0.2, 0) is 38.1 Å². The number of nitrogens with zero attached hydrogens (tertiary/aromatic N) is 3. The number of ketones is 1. The molecule has 0 radical (unpaired) electrons. The van der Waals surface area contributed by atoms with Crippen LogP contribution in [0.2, 0.25) is 0 Å². The van der Waals surface area contributed by atoms with E-state index in [4.69, 9.17) is 56.8 Å². The summed E-state index contributed by atoms with van der Waals surface area (Å²) < 4.78 is 65.4. The Kier molecular flexibility index (Phi) is 35.4. The van der Waals surface area contributed by atoms with E-state index >= 15 is 0 Å². The van der Waals surface area contributed by atoms with Crippen LogP contribution >= 0.6 is 0 Å². The van der Waals surface area contributed by atoms with Crippen LogP contribution < -0.4 is 37.9 Å². The smallest absolute Gasteiger partial charge is 0.343 e. The first-order valence-corrected chi connectivity index (χ1v) is 38.5. The molecule has 24 heteroatoms. The molecule has 0 saturated heterocycles. The number of hydrogen-bond donors (Lipinski definition) is 0. The minimum atomic E-state index is -0.625. The summed E-state index contributed by atoms with van der Waals surface area (Å²) in [4.78, 5) is 109. The highest BCUT2D eigenvalue weighted by Gasteiger charge is 2.30. The summed E-state index contributed by atoms with van der Waals surface area (Å²) >= 11 is 0. The van der Waals surface area contributed by atoms with Gasteiger partial charge in [0.1, 0.15) is 46.0 Å². The molecule has 0 saturated carbocycles. The van der Waals surface area contributed by atoms with Crippen molar-refractivity contribution in [1.29, 1.82) is 5.26 Å². The second-order valence-corrected chi connectivity index (χ2v) is 26.3. The van der Waals surface area contributed by atoms with Gasteiger partial charge in [0.15, 0.2) is 5.78 Å². The van der Waals surface area contributed by atoms with E-state index in [0.717, 1.165) is 97.9 Å². The Morgan fingerprint density at radius 2 is 0.675 bits per heavy atom. The van der Waals surface area contributed by atoms with Gasteiger partial charge in [-0.25, -0.2) is 38.4 Å². The number of rotatable bonds is 42. The van der Waals surface area contributed by atoms with Crippen molar-refractivity contribution in [2.75, 3.05) is 52.9 Å². The van der Waals surface area contributed by atoms with E-state index in [0.29, 0.717) is 137 Å². The summed E-state index contributed by atoms with van der Waals surface area (Å²) in [6.45, 7) is 17.6. The highest BCUT2D eigenvalue weighted by Crippen LogP contribution is 2.47. The summed E-state index contributed by atoms with van der Waals surface area (Å²) in [6.07, 6.45) is 15.4. The van der Waals surface area contributed by atoms with Gasteiger partial charge in [-0.2, -0.15) is 15.5 Å². The Morgan fingerprint density at radius 1 is 0.350 bits per heavy atom. The van der Waals surface area contributed by atoms with Gasteiger partial charge in [-0.3, -0.25) is 4.79 Å². The van der Waals surface area contributed by atoms with Crippen LogP contribution in [0.15, 0.2) is 261 Å². The molecule has 0 aliphatic heterocycles. The van der Waals surface area contributed by atoms with Crippen molar-refractivity contribution in [2.24, 2.45) is 10.2 Å². The number of ether oxygens (including phenoxy) is 12. The number of hydrogen-bond acceptors (Lipinski definition) is 24. The molecule has 0 spiro atoms. The molecule has 120 heavy (non-hydrogen) atoms. The molecule has 0 N–H and O–H groups in total. The van der Waals surface area contributed by atoms with Crippen LogP contribution in [0.4, 0.5) is 0 Å². The molecule has 0 fully saturated rings. The van der Waals surface area contributed by atoms with Crippen LogP contribution in [0.25, 0.3) is 11.1 Å². The average Bonchev–Trinajstić information content (AvgIpc) is 1.60. The Hall–Kier alpha value is -15.0. The fraction of sp³-hybridized carbons (Fsp3) is 0.208. The monoisotopic (exact) mass is 1620 g/mol. The number of unbranched alkanes of at least 4 members (excludes halogenated alkanes) is 6. The predicted octanol–water partition coefficient (Wildman–Crippen LogP) is 17.3. The van der Waals surface area contributed by atoms with E-state index in [1.807, 2.05) is 12.1 Å². The van der Waals surface area contributed by atoms with Crippen molar-refractivity contribution in [3.63, 3.8) is 0 Å². The van der Waals surface area contributed by atoms with Gasteiger partial charge in [-0.15, -0.1) is 0 Å². The number of carbonyl (C=O) groups excluding carboxylic acids is 9. The molecule has 10 rings (SSSR count). The zero-order valence-corrected chi connectivity index (χ0v) is 66.1. The maximum atomic E-state index is 13.2. The van der Waals surface area contributed by atoms with Crippen molar-refractivity contribution < 1.29 is 100.0 Å². The van der Waals surface area contributed by atoms with E-state index in [1.165, 1.54) is 25.4 Å². The summed E-state index contributed by atoms with van der Waals surface area (Å²) in [7, 11) is 0. The van der Waals surface area contributed by atoms with Gasteiger partial charge in [0.2, 0.25) is 0 Å². The standard InChI is InChI=1S/C48H50N2O11.C48H37NO10/c1-4-45(52)58-30-12-8-6-10-28-56-40-23-17-38(18-24-40)47(54)60-42-21-14-36(15-22-42)33-49-50-34-37-16-27-44(43(32-37)35(3)51)61-48(55)39-19-25-41(26-20-39)57-29-11-7-9-13-31-59-46(53)5-2;1-3-45(50)56-27-5-25-54-36-16-12-34(13-17-36)47(52)58-38-20-23-40-41-24-21-39(30-44(41)42(43(40)29-38)22-11-32-7-9-33(31-49)10-8-32)59-48(53)35-14-18-37(19-15-35)55-26-6-28-57-46(51)4-2/h4-5,14-27,32-34H,1-2,6-13,28-31H2,3H3;3-4,7-10,12-21,23-24,29-30,42H,1-2,5-6,25-28H2/b49-33+,50-34+;. The Labute approximate surface area is 694 Å². The zero-order chi connectivity index (χ0) is 85.2. The number of fused-ring (bicyclic) bond motifs is 3. The summed E-state index contributed by atoms with van der Waals surface area (Å²) in [5.41, 5.74) is 7.36.